The van der Waals surface area contributed by atoms with Crippen molar-refractivity contribution in [2.75, 3.05) is 0 Å². The molecule has 1 heterocycles. The summed E-state index contributed by atoms with van der Waals surface area (Å²) in [5, 5.41) is 14.8. The zero-order chi connectivity index (χ0) is 11.7. The van der Waals surface area contributed by atoms with Gasteiger partial charge in [-0.25, -0.2) is 0 Å². The summed E-state index contributed by atoms with van der Waals surface area (Å²) >= 11 is 8.00. The van der Waals surface area contributed by atoms with Gasteiger partial charge in [-0.1, -0.05) is 6.07 Å². The van der Waals surface area contributed by atoms with Crippen molar-refractivity contribution >= 4 is 45.2 Å². The van der Waals surface area contributed by atoms with Crippen molar-refractivity contribution in [3.8, 4) is 5.75 Å². The van der Waals surface area contributed by atoms with Gasteiger partial charge < -0.3 is 10.4 Å². The minimum absolute atomic E-state index is 0.154. The summed E-state index contributed by atoms with van der Waals surface area (Å²) in [6.07, 6.45) is 1.65. The Morgan fingerprint density at radius 3 is 2.69 bits per heavy atom. The Labute approximate surface area is 105 Å². The van der Waals surface area contributed by atoms with Gasteiger partial charge in [0.05, 0.1) is 4.47 Å². The van der Waals surface area contributed by atoms with Gasteiger partial charge in [-0.15, -0.1) is 0 Å². The summed E-state index contributed by atoms with van der Waals surface area (Å²) in [5.74, 6) is -0.101. The molecule has 1 aromatic carbocycles. The monoisotopic (exact) mass is 298 g/mol. The van der Waals surface area contributed by atoms with Crippen LogP contribution in [0, 0.1) is 0 Å². The molecule has 0 atom stereocenters. The van der Waals surface area contributed by atoms with Crippen LogP contribution in [-0.2, 0) is 4.79 Å². The van der Waals surface area contributed by atoms with Gasteiger partial charge in [-0.05, 0) is 51.9 Å². The van der Waals surface area contributed by atoms with Gasteiger partial charge in [0.1, 0.15) is 11.4 Å². The number of thiocarbonyl (C=S) groups is 1. The highest BCUT2D eigenvalue weighted by molar-refractivity contribution is 9.10. The van der Waals surface area contributed by atoms with E-state index in [0.29, 0.717) is 15.3 Å². The first-order chi connectivity index (χ1) is 7.56. The Bertz CT molecular complexity index is 514. The van der Waals surface area contributed by atoms with E-state index in [0.717, 1.165) is 5.56 Å². The van der Waals surface area contributed by atoms with Crippen LogP contribution >= 0.6 is 28.1 Å². The lowest BCUT2D eigenvalue weighted by molar-refractivity contribution is -0.115. The van der Waals surface area contributed by atoms with E-state index in [4.69, 9.17) is 12.2 Å². The highest BCUT2D eigenvalue weighted by Gasteiger charge is 2.19. The second-order valence-corrected chi connectivity index (χ2v) is 4.44. The van der Waals surface area contributed by atoms with Gasteiger partial charge in [-0.3, -0.25) is 10.1 Å². The van der Waals surface area contributed by atoms with E-state index < -0.39 is 0 Å². The third-order valence-electron chi connectivity index (χ3n) is 2.00. The van der Waals surface area contributed by atoms with Gasteiger partial charge in [0.25, 0.3) is 5.91 Å². The molecule has 1 saturated heterocycles. The first kappa shape index (κ1) is 11.1. The second kappa shape index (κ2) is 4.23. The lowest BCUT2D eigenvalue weighted by Crippen LogP contribution is -2.21. The standard InChI is InChI=1S/C10H7BrN2O2S/c11-6-3-5(1-2-8(6)14)4-7-9(15)13-10(16)12-7/h1-4,14H,(H2,12,13,15,16)/b7-4+. The van der Waals surface area contributed by atoms with Crippen molar-refractivity contribution in [1.29, 1.82) is 0 Å². The fourth-order valence-electron chi connectivity index (χ4n) is 1.26. The van der Waals surface area contributed by atoms with Crippen molar-refractivity contribution in [3.05, 3.63) is 33.9 Å². The van der Waals surface area contributed by atoms with E-state index in [2.05, 4.69) is 26.6 Å². The number of carbonyl (C=O) groups is 1. The maximum Gasteiger partial charge on any atom is 0.273 e. The minimum atomic E-state index is -0.255. The van der Waals surface area contributed by atoms with Gasteiger partial charge in [-0.2, -0.15) is 0 Å². The summed E-state index contributed by atoms with van der Waals surface area (Å²) in [4.78, 5) is 11.4. The van der Waals surface area contributed by atoms with Crippen molar-refractivity contribution in [2.45, 2.75) is 0 Å². The number of rotatable bonds is 1. The number of aromatic hydroxyl groups is 1. The number of halogens is 1. The topological polar surface area (TPSA) is 61.4 Å². The van der Waals surface area contributed by atoms with Gasteiger partial charge in [0.15, 0.2) is 5.11 Å². The third kappa shape index (κ3) is 2.23. The zero-order valence-corrected chi connectivity index (χ0v) is 10.4. The number of benzene rings is 1. The minimum Gasteiger partial charge on any atom is -0.507 e. The molecule has 0 radical (unpaired) electrons. The molecular formula is C10H7BrN2O2S. The van der Waals surface area contributed by atoms with Crippen LogP contribution < -0.4 is 10.6 Å². The highest BCUT2D eigenvalue weighted by atomic mass is 79.9. The molecule has 1 aromatic rings. The molecule has 0 aliphatic carbocycles. The molecule has 1 fully saturated rings. The van der Waals surface area contributed by atoms with Crippen molar-refractivity contribution in [2.24, 2.45) is 0 Å². The third-order valence-corrected chi connectivity index (χ3v) is 2.84. The number of hydrogen-bond donors (Lipinski definition) is 3. The molecule has 16 heavy (non-hydrogen) atoms. The Morgan fingerprint density at radius 2 is 2.12 bits per heavy atom. The second-order valence-electron chi connectivity index (χ2n) is 3.18. The molecule has 2 rings (SSSR count). The van der Waals surface area contributed by atoms with E-state index in [1.807, 2.05) is 0 Å². The molecule has 4 nitrogen and oxygen atoms in total. The lowest BCUT2D eigenvalue weighted by Gasteiger charge is -1.99. The molecule has 0 unspecified atom stereocenters. The first-order valence-corrected chi connectivity index (χ1v) is 5.59. The van der Waals surface area contributed by atoms with Crippen molar-refractivity contribution in [3.63, 3.8) is 0 Å². The largest absolute Gasteiger partial charge is 0.507 e. The Kier molecular flexibility index (Phi) is 2.93. The van der Waals surface area contributed by atoms with Crippen LogP contribution in [0.3, 0.4) is 0 Å². The van der Waals surface area contributed by atoms with Crippen LogP contribution in [-0.4, -0.2) is 16.1 Å². The first-order valence-electron chi connectivity index (χ1n) is 4.39. The fraction of sp³-hybridized carbons (Fsp3) is 0. The number of phenolic OH excluding ortho intramolecular Hbond substituents is 1. The van der Waals surface area contributed by atoms with Gasteiger partial charge in [0, 0.05) is 0 Å². The molecule has 0 aromatic heterocycles. The lowest BCUT2D eigenvalue weighted by atomic mass is 10.2. The molecule has 0 saturated carbocycles. The van der Waals surface area contributed by atoms with Gasteiger partial charge >= 0.3 is 0 Å². The fourth-order valence-corrected chi connectivity index (χ4v) is 1.86. The molecule has 1 aliphatic heterocycles. The number of amides is 1. The van der Waals surface area contributed by atoms with Crippen LogP contribution in [0.2, 0.25) is 0 Å². The summed E-state index contributed by atoms with van der Waals surface area (Å²) in [5.41, 5.74) is 1.18. The summed E-state index contributed by atoms with van der Waals surface area (Å²) < 4.78 is 0.572. The predicted octanol–water partition coefficient (Wildman–Crippen LogP) is 1.50. The SMILES string of the molecule is O=C1NC(=S)N/C1=C/c1ccc(O)c(Br)c1. The van der Waals surface area contributed by atoms with E-state index in [1.54, 1.807) is 24.3 Å². The van der Waals surface area contributed by atoms with Gasteiger partial charge in [0.2, 0.25) is 0 Å². The summed E-state index contributed by atoms with van der Waals surface area (Å²) in [7, 11) is 0. The Hall–Kier alpha value is -1.40. The average Bonchev–Trinajstić information content (AvgIpc) is 2.51. The molecule has 0 bridgehead atoms. The quantitative estimate of drug-likeness (QED) is 0.543. The highest BCUT2D eigenvalue weighted by Crippen LogP contribution is 2.25. The number of phenols is 1. The number of nitrogens with one attached hydrogen (secondary N) is 2. The van der Waals surface area contributed by atoms with E-state index >= 15 is 0 Å². The van der Waals surface area contributed by atoms with E-state index in [1.165, 1.54) is 0 Å². The average molecular weight is 299 g/mol. The van der Waals surface area contributed by atoms with E-state index in [9.17, 15) is 9.90 Å². The van der Waals surface area contributed by atoms with Crippen LogP contribution in [0.1, 0.15) is 5.56 Å². The normalized spacial score (nSPS) is 17.4. The Morgan fingerprint density at radius 1 is 1.38 bits per heavy atom. The molecule has 1 amide bonds. The predicted molar refractivity (Wildman–Crippen MR) is 67.7 cm³/mol. The van der Waals surface area contributed by atoms with Crippen LogP contribution in [0.4, 0.5) is 0 Å². The Balaban J connectivity index is 2.32. The maximum absolute atomic E-state index is 11.4. The van der Waals surface area contributed by atoms with E-state index in [-0.39, 0.29) is 11.7 Å². The molecule has 6 heteroatoms. The van der Waals surface area contributed by atoms with Crippen molar-refractivity contribution < 1.29 is 9.90 Å². The van der Waals surface area contributed by atoms with Crippen LogP contribution in [0.15, 0.2) is 28.4 Å². The number of carbonyl (C=O) groups excluding carboxylic acids is 1. The summed E-state index contributed by atoms with van der Waals surface area (Å²) in [6, 6.07) is 4.95. The zero-order valence-electron chi connectivity index (χ0n) is 7.95. The smallest absolute Gasteiger partial charge is 0.273 e. The van der Waals surface area contributed by atoms with Crippen molar-refractivity contribution in [1.82, 2.24) is 10.6 Å². The summed E-state index contributed by atoms with van der Waals surface area (Å²) in [6.45, 7) is 0. The number of hydrogen-bond acceptors (Lipinski definition) is 3. The molecule has 82 valence electrons. The molecular weight excluding hydrogens is 292 g/mol. The molecule has 0 spiro atoms. The van der Waals surface area contributed by atoms with Crippen LogP contribution in [0.5, 0.6) is 5.75 Å². The molecule has 3 N–H and O–H groups in total. The maximum atomic E-state index is 11.4. The van der Waals surface area contributed by atoms with Crippen LogP contribution in [0.25, 0.3) is 6.08 Å². The molecule has 1 aliphatic rings.